The fourth-order valence-electron chi connectivity index (χ4n) is 4.37. The number of rotatable bonds is 13. The Morgan fingerprint density at radius 3 is 2.68 bits per heavy atom. The minimum Gasteiger partial charge on any atom is -0.497 e. The number of aliphatic hydroxyl groups excluding tert-OH is 1. The van der Waals surface area contributed by atoms with E-state index in [9.17, 15) is 24.8 Å². The van der Waals surface area contributed by atoms with Gasteiger partial charge in [-0.1, -0.05) is 6.07 Å². The number of hydrogen-bond donors (Lipinski definition) is 4. The lowest BCUT2D eigenvalue weighted by atomic mass is 9.95. The van der Waals surface area contributed by atoms with E-state index in [2.05, 4.69) is 21.2 Å². The van der Waals surface area contributed by atoms with Crippen LogP contribution >= 0.6 is 0 Å². The summed E-state index contributed by atoms with van der Waals surface area (Å²) >= 11 is 0. The fraction of sp³-hybridized carbons (Fsp3) is 0.276. The maximum Gasteiger partial charge on any atom is 0.337 e. The number of methoxy groups -OCH3 is 2. The van der Waals surface area contributed by atoms with Crippen molar-refractivity contribution >= 4 is 23.9 Å². The largest absolute Gasteiger partial charge is 0.497 e. The first-order valence-corrected chi connectivity index (χ1v) is 13.3. The molecule has 4 N–H and O–H groups in total. The number of nitro benzene ring substituents is 1. The van der Waals surface area contributed by atoms with Crippen LogP contribution in [-0.2, 0) is 9.53 Å². The van der Waals surface area contributed by atoms with Gasteiger partial charge in [0.25, 0.3) is 5.69 Å². The number of carbonyl (C=O) groups is 2. The third kappa shape index (κ3) is 7.25. The number of esters is 1. The molecule has 3 aromatic rings. The zero-order valence-corrected chi connectivity index (χ0v) is 24.3. The van der Waals surface area contributed by atoms with Crippen molar-refractivity contribution in [2.75, 3.05) is 27.4 Å². The van der Waals surface area contributed by atoms with E-state index in [1.807, 2.05) is 0 Å². The van der Waals surface area contributed by atoms with Crippen LogP contribution in [-0.4, -0.2) is 61.9 Å². The summed E-state index contributed by atoms with van der Waals surface area (Å²) in [7, 11) is 2.67. The number of nitrogens with zero attached hydrogens (tertiary/aromatic N) is 2. The first-order valence-electron chi connectivity index (χ1n) is 13.3. The number of amides is 2. The van der Waals surface area contributed by atoms with Crippen molar-refractivity contribution in [1.29, 1.82) is 0 Å². The number of furan rings is 1. The molecule has 2 heterocycles. The first-order chi connectivity index (χ1) is 21.1. The second kappa shape index (κ2) is 14.1. The van der Waals surface area contributed by atoms with Gasteiger partial charge in [0.1, 0.15) is 23.9 Å². The van der Waals surface area contributed by atoms with Gasteiger partial charge in [0.2, 0.25) is 0 Å². The summed E-state index contributed by atoms with van der Waals surface area (Å²) in [4.78, 5) is 35.5. The Morgan fingerprint density at radius 1 is 1.18 bits per heavy atom. The topological polar surface area (TPSA) is 196 Å². The van der Waals surface area contributed by atoms with E-state index in [1.54, 1.807) is 50.2 Å². The molecule has 44 heavy (non-hydrogen) atoms. The van der Waals surface area contributed by atoms with Gasteiger partial charge in [0.15, 0.2) is 17.7 Å². The average molecular weight is 610 g/mol. The van der Waals surface area contributed by atoms with Gasteiger partial charge >= 0.3 is 12.0 Å². The standard InChI is InChI=1S/C29H31N5O10/c1-5-42-24-12-17(27-26(28(36)41-4)16(2)31-29(37)32-27)6-10-23(24)43-15-25(35)33-30-14-19-8-11-22(44-19)20-9-7-18(40-3)13-21(20)34(38)39/h6-14,25,27,33,35H,5,15H2,1-4H3,(H2,31,32,37)/b30-14+/t25-,27+/m1/s1. The van der Waals surface area contributed by atoms with E-state index < -0.39 is 29.2 Å². The normalized spacial score (nSPS) is 15.3. The summed E-state index contributed by atoms with van der Waals surface area (Å²) in [6, 6.07) is 11.2. The van der Waals surface area contributed by atoms with Crippen molar-refractivity contribution in [3.8, 4) is 28.6 Å². The summed E-state index contributed by atoms with van der Waals surface area (Å²) < 4.78 is 27.1. The third-order valence-electron chi connectivity index (χ3n) is 6.38. The predicted octanol–water partition coefficient (Wildman–Crippen LogP) is 3.38. The second-order valence-electron chi connectivity index (χ2n) is 9.26. The molecule has 2 aromatic carbocycles. The van der Waals surface area contributed by atoms with Crippen LogP contribution in [0.1, 0.15) is 31.2 Å². The van der Waals surface area contributed by atoms with Gasteiger partial charge in [0, 0.05) is 5.70 Å². The molecule has 0 saturated heterocycles. The van der Waals surface area contributed by atoms with Crippen LogP contribution < -0.4 is 30.3 Å². The van der Waals surface area contributed by atoms with E-state index in [4.69, 9.17) is 23.4 Å². The second-order valence-corrected chi connectivity index (χ2v) is 9.26. The Morgan fingerprint density at radius 2 is 1.98 bits per heavy atom. The van der Waals surface area contributed by atoms with Crippen LogP contribution in [0.5, 0.6) is 17.2 Å². The monoisotopic (exact) mass is 609 g/mol. The Balaban J connectivity index is 1.40. The van der Waals surface area contributed by atoms with Crippen molar-refractivity contribution in [2.45, 2.75) is 26.1 Å². The SMILES string of the molecule is CCOc1cc([C@@H]2NC(=O)NC(C)=C2C(=O)OC)ccc1OC[C@@H](O)N/N=C/c1ccc(-c2ccc(OC)cc2[N+](=O)[O-])o1. The minimum absolute atomic E-state index is 0.177. The van der Waals surface area contributed by atoms with Gasteiger partial charge in [-0.2, -0.15) is 5.10 Å². The van der Waals surface area contributed by atoms with Crippen molar-refractivity contribution in [2.24, 2.45) is 5.10 Å². The maximum absolute atomic E-state index is 12.4. The molecule has 0 fully saturated rings. The molecule has 1 aliphatic rings. The van der Waals surface area contributed by atoms with E-state index in [0.29, 0.717) is 35.1 Å². The molecule has 1 aliphatic heterocycles. The summed E-state index contributed by atoms with van der Waals surface area (Å²) in [5, 5.41) is 31.1. The van der Waals surface area contributed by atoms with Gasteiger partial charge in [-0.15, -0.1) is 0 Å². The molecule has 1 aromatic heterocycles. The summed E-state index contributed by atoms with van der Waals surface area (Å²) in [6.07, 6.45) is 0.0576. The Bertz CT molecular complexity index is 1600. The molecular formula is C29H31N5O10. The Labute approximate surface area is 251 Å². The molecule has 232 valence electrons. The van der Waals surface area contributed by atoms with Crippen LogP contribution in [0, 0.1) is 10.1 Å². The number of nitrogens with one attached hydrogen (secondary N) is 3. The molecular weight excluding hydrogens is 578 g/mol. The van der Waals surface area contributed by atoms with Crippen LogP contribution in [0.4, 0.5) is 10.5 Å². The minimum atomic E-state index is -1.24. The fourth-order valence-corrected chi connectivity index (χ4v) is 4.37. The Hall–Kier alpha value is -5.57. The molecule has 4 rings (SSSR count). The van der Waals surface area contributed by atoms with E-state index in [-0.39, 0.29) is 35.0 Å². The van der Waals surface area contributed by atoms with Gasteiger partial charge in [-0.25, -0.2) is 9.59 Å². The van der Waals surface area contributed by atoms with Gasteiger partial charge in [-0.3, -0.25) is 15.5 Å². The molecule has 0 aliphatic carbocycles. The van der Waals surface area contributed by atoms with E-state index in [0.717, 1.165) is 0 Å². The quantitative estimate of drug-likeness (QED) is 0.0729. The van der Waals surface area contributed by atoms with Crippen molar-refractivity contribution in [3.05, 3.63) is 81.2 Å². The smallest absolute Gasteiger partial charge is 0.337 e. The van der Waals surface area contributed by atoms with Gasteiger partial charge in [0.05, 0.1) is 55.2 Å². The van der Waals surface area contributed by atoms with E-state index >= 15 is 0 Å². The summed E-state index contributed by atoms with van der Waals surface area (Å²) in [6.45, 7) is 3.46. The summed E-state index contributed by atoms with van der Waals surface area (Å²) in [5.74, 6) is 0.906. The van der Waals surface area contributed by atoms with Gasteiger partial charge in [-0.05, 0) is 55.8 Å². The highest BCUT2D eigenvalue weighted by Gasteiger charge is 2.32. The van der Waals surface area contributed by atoms with Crippen LogP contribution in [0.25, 0.3) is 11.3 Å². The molecule has 15 nitrogen and oxygen atoms in total. The van der Waals surface area contributed by atoms with Crippen molar-refractivity contribution in [1.82, 2.24) is 16.1 Å². The van der Waals surface area contributed by atoms with Crippen molar-refractivity contribution in [3.63, 3.8) is 0 Å². The predicted molar refractivity (Wildman–Crippen MR) is 156 cm³/mol. The number of hydrogen-bond acceptors (Lipinski definition) is 12. The molecule has 0 radical (unpaired) electrons. The highest BCUT2D eigenvalue weighted by atomic mass is 16.6. The summed E-state index contributed by atoms with van der Waals surface area (Å²) in [5.41, 5.74) is 3.76. The van der Waals surface area contributed by atoms with Crippen molar-refractivity contribution < 1.29 is 43.0 Å². The number of nitro groups is 1. The van der Waals surface area contributed by atoms with Gasteiger partial charge < -0.3 is 39.1 Å². The lowest BCUT2D eigenvalue weighted by molar-refractivity contribution is -0.384. The zero-order valence-electron chi connectivity index (χ0n) is 24.3. The molecule has 15 heteroatoms. The first kappa shape index (κ1) is 31.4. The molecule has 0 saturated carbocycles. The van der Waals surface area contributed by atoms with E-state index in [1.165, 1.54) is 32.6 Å². The molecule has 0 unspecified atom stereocenters. The Kier molecular flexibility index (Phi) is 10.0. The molecule has 0 bridgehead atoms. The number of aliphatic hydroxyl groups is 1. The van der Waals surface area contributed by atoms with Crippen LogP contribution in [0.15, 0.2) is 69.3 Å². The van der Waals surface area contributed by atoms with Crippen LogP contribution in [0.3, 0.4) is 0 Å². The number of carbonyl (C=O) groups excluding carboxylic acids is 2. The number of benzene rings is 2. The number of ether oxygens (including phenoxy) is 4. The van der Waals surface area contributed by atoms with Crippen LogP contribution in [0.2, 0.25) is 0 Å². The number of allylic oxidation sites excluding steroid dienone is 1. The number of urea groups is 1. The lowest BCUT2D eigenvalue weighted by Gasteiger charge is -2.28. The maximum atomic E-state index is 12.4. The molecule has 2 atom stereocenters. The zero-order chi connectivity index (χ0) is 31.8. The lowest BCUT2D eigenvalue weighted by Crippen LogP contribution is -2.45. The third-order valence-corrected chi connectivity index (χ3v) is 6.38. The molecule has 0 spiro atoms. The number of hydrazone groups is 1. The molecule has 2 amide bonds. The average Bonchev–Trinajstić information content (AvgIpc) is 3.48. The highest BCUT2D eigenvalue weighted by Crippen LogP contribution is 2.36. The highest BCUT2D eigenvalue weighted by molar-refractivity contribution is 5.95.